The number of carboxylic acids is 2. The Balaban J connectivity index is 0.000000206. The van der Waals surface area contributed by atoms with Gasteiger partial charge in [-0.1, -0.05) is 85.0 Å². The Morgan fingerprint density at radius 2 is 0.937 bits per heavy atom. The summed E-state index contributed by atoms with van der Waals surface area (Å²) in [4.78, 5) is 31.0. The largest absolute Gasteiger partial charge is 2.00 e. The molecule has 0 spiro atoms. The molecule has 4 atom stereocenters. The summed E-state index contributed by atoms with van der Waals surface area (Å²) in [5.41, 5.74) is 8.76. The fraction of sp³-hybridized carbons (Fsp3) is 0.280. The van der Waals surface area contributed by atoms with Crippen LogP contribution in [0.1, 0.15) is 85.7 Å². The van der Waals surface area contributed by atoms with Crippen LogP contribution in [0.15, 0.2) is 109 Å². The molecule has 2 heterocycles. The van der Waals surface area contributed by atoms with Crippen molar-refractivity contribution in [1.82, 2.24) is 9.97 Å². The predicted octanol–water partition coefficient (Wildman–Crippen LogP) is 5.99. The van der Waals surface area contributed by atoms with Crippen LogP contribution in [0.3, 0.4) is 0 Å². The van der Waals surface area contributed by atoms with Gasteiger partial charge in [0.1, 0.15) is 11.6 Å². The summed E-state index contributed by atoms with van der Waals surface area (Å²) in [6, 6.07) is 28.1. The Labute approximate surface area is 393 Å². The average molecular weight is 881 g/mol. The molecular weight excluding hydrogens is 835 g/mol. The normalized spacial score (nSPS) is 15.7. The number of pyridine rings is 2. The Morgan fingerprint density at radius 1 is 0.587 bits per heavy atom. The number of rotatable bonds is 16. The van der Waals surface area contributed by atoms with Crippen LogP contribution in [0.4, 0.5) is 8.78 Å². The molecule has 10 nitrogen and oxygen atoms in total. The molecule has 8 rings (SSSR count). The van der Waals surface area contributed by atoms with Crippen molar-refractivity contribution in [1.29, 1.82) is 0 Å². The van der Waals surface area contributed by atoms with E-state index in [0.717, 1.165) is 92.3 Å². The summed E-state index contributed by atoms with van der Waals surface area (Å²) in [6.07, 6.45) is 5.02. The van der Waals surface area contributed by atoms with Crippen molar-refractivity contribution in [2.75, 3.05) is 0 Å². The number of aliphatic hydroxyl groups excluding tert-OH is 4. The molecular formula is C50H46CaF2N2O8. The predicted molar refractivity (Wildman–Crippen MR) is 235 cm³/mol. The quantitative estimate of drug-likeness (QED) is 0.0843. The number of carbonyl (C=O) groups is 2. The molecule has 0 bridgehead atoms. The van der Waals surface area contributed by atoms with E-state index in [-0.39, 0.29) is 62.2 Å². The maximum absolute atomic E-state index is 13.6. The summed E-state index contributed by atoms with van der Waals surface area (Å²) in [6.45, 7) is 0. The second-order valence-corrected chi connectivity index (χ2v) is 16.0. The van der Waals surface area contributed by atoms with Crippen LogP contribution >= 0.6 is 0 Å². The minimum absolute atomic E-state index is 0. The van der Waals surface area contributed by atoms with Crippen molar-refractivity contribution >= 4 is 83.6 Å². The van der Waals surface area contributed by atoms with Gasteiger partial charge in [-0.3, -0.25) is 9.97 Å². The Morgan fingerprint density at radius 3 is 1.27 bits per heavy atom. The number of carboxylic acid groups (broad SMARTS) is 2. The van der Waals surface area contributed by atoms with Crippen LogP contribution in [0.2, 0.25) is 0 Å². The number of carbonyl (C=O) groups excluding carboxylic acids is 2. The van der Waals surface area contributed by atoms with Crippen LogP contribution in [-0.4, -0.2) is 104 Å². The van der Waals surface area contributed by atoms with Crippen molar-refractivity contribution in [3.63, 3.8) is 0 Å². The first-order valence-electron chi connectivity index (χ1n) is 20.7. The fourth-order valence-corrected chi connectivity index (χ4v) is 7.70. The third-order valence-electron chi connectivity index (χ3n) is 10.9. The number of hydrogen-bond donors (Lipinski definition) is 4. The van der Waals surface area contributed by atoms with E-state index >= 15 is 0 Å². The molecule has 6 aromatic rings. The number of para-hydroxylation sites is 2. The minimum atomic E-state index is -1.36. The Kier molecular flexibility index (Phi) is 16.3. The third-order valence-corrected chi connectivity index (χ3v) is 10.9. The van der Waals surface area contributed by atoms with Crippen LogP contribution in [0, 0.1) is 11.6 Å². The van der Waals surface area contributed by atoms with E-state index in [1.807, 2.05) is 48.5 Å². The van der Waals surface area contributed by atoms with Crippen molar-refractivity contribution in [2.24, 2.45) is 0 Å². The monoisotopic (exact) mass is 880 g/mol. The second-order valence-electron chi connectivity index (χ2n) is 16.0. The fourth-order valence-electron chi connectivity index (χ4n) is 7.70. The van der Waals surface area contributed by atoms with Gasteiger partial charge in [0.2, 0.25) is 0 Å². The van der Waals surface area contributed by atoms with E-state index in [1.54, 1.807) is 48.6 Å². The molecule has 0 unspecified atom stereocenters. The van der Waals surface area contributed by atoms with Gasteiger partial charge < -0.3 is 40.2 Å². The van der Waals surface area contributed by atoms with Crippen molar-refractivity contribution in [3.05, 3.63) is 143 Å². The first-order chi connectivity index (χ1) is 29.8. The number of fused-ring (bicyclic) bond motifs is 2. The smallest absolute Gasteiger partial charge is 0.550 e. The van der Waals surface area contributed by atoms with Gasteiger partial charge in [0.25, 0.3) is 0 Å². The number of nitrogens with zero attached hydrogens (tertiary/aromatic N) is 2. The van der Waals surface area contributed by atoms with E-state index < -0.39 is 49.2 Å². The maximum Gasteiger partial charge on any atom is 2.00 e. The molecule has 320 valence electrons. The second kappa shape index (κ2) is 21.6. The summed E-state index contributed by atoms with van der Waals surface area (Å²) in [7, 11) is 0. The van der Waals surface area contributed by atoms with Gasteiger partial charge in [-0.2, -0.15) is 0 Å². The van der Waals surface area contributed by atoms with Gasteiger partial charge in [0.15, 0.2) is 0 Å². The molecule has 4 aromatic carbocycles. The van der Waals surface area contributed by atoms with Crippen molar-refractivity contribution in [3.8, 4) is 22.3 Å². The van der Waals surface area contributed by atoms with Gasteiger partial charge in [0, 0.05) is 82.5 Å². The zero-order chi connectivity index (χ0) is 43.9. The molecule has 2 aromatic heterocycles. The number of hydrogen-bond acceptors (Lipinski definition) is 10. The number of aromatic nitrogens is 2. The van der Waals surface area contributed by atoms with E-state index in [4.69, 9.17) is 9.97 Å². The van der Waals surface area contributed by atoms with E-state index in [2.05, 4.69) is 0 Å². The number of halogens is 2. The molecule has 2 aliphatic carbocycles. The molecule has 2 aliphatic rings. The third kappa shape index (κ3) is 12.6. The topological polar surface area (TPSA) is 187 Å². The number of benzene rings is 4. The molecule has 0 saturated heterocycles. The van der Waals surface area contributed by atoms with E-state index in [0.29, 0.717) is 11.8 Å². The number of aliphatic hydroxyl groups is 4. The Hall–Kier alpha value is -4.92. The maximum atomic E-state index is 13.6. The van der Waals surface area contributed by atoms with Gasteiger partial charge >= 0.3 is 37.7 Å². The van der Waals surface area contributed by atoms with Crippen molar-refractivity contribution in [2.45, 2.75) is 87.6 Å². The SMILES string of the molecule is O=C([O-])C[C@@H](O)C[C@H](O)/C=C/c1c(C2CC2)nc2ccccc2c1-c1ccc(F)cc1.O=C([O-])C[C@@H](O)C[C@H](O)/C=C/c1c(C2CC2)nc2ccccc2c1-c1ccc(F)cc1.[Ca+2]. The summed E-state index contributed by atoms with van der Waals surface area (Å²) < 4.78 is 27.1. The molecule has 4 N–H and O–H groups in total. The number of aliphatic carboxylic acids is 2. The molecule has 13 heteroatoms. The van der Waals surface area contributed by atoms with Gasteiger partial charge in [0.05, 0.1) is 46.8 Å². The van der Waals surface area contributed by atoms with Crippen LogP contribution in [-0.2, 0) is 9.59 Å². The average Bonchev–Trinajstić information content (AvgIpc) is 4.17. The van der Waals surface area contributed by atoms with E-state index in [1.165, 1.54) is 24.3 Å². The summed E-state index contributed by atoms with van der Waals surface area (Å²) >= 11 is 0. The molecule has 0 aliphatic heterocycles. The Bertz CT molecular complexity index is 2430. The first-order valence-corrected chi connectivity index (χ1v) is 20.7. The van der Waals surface area contributed by atoms with Crippen LogP contribution in [0.25, 0.3) is 56.2 Å². The molecule has 2 saturated carbocycles. The van der Waals surface area contributed by atoms with Crippen LogP contribution in [0.5, 0.6) is 0 Å². The van der Waals surface area contributed by atoms with Gasteiger partial charge in [-0.05, 0) is 73.2 Å². The zero-order valence-corrected chi connectivity index (χ0v) is 36.7. The minimum Gasteiger partial charge on any atom is -0.550 e. The van der Waals surface area contributed by atoms with Gasteiger partial charge in [-0.25, -0.2) is 8.78 Å². The molecule has 0 amide bonds. The van der Waals surface area contributed by atoms with Crippen LogP contribution < -0.4 is 10.2 Å². The zero-order valence-electron chi connectivity index (χ0n) is 34.4. The molecule has 0 radical (unpaired) electrons. The van der Waals surface area contributed by atoms with E-state index in [9.17, 15) is 49.0 Å². The standard InChI is InChI=1S/2C25H24FNO4.Ca/c2*26-17-9-7-15(8-10-17)24-20-3-1-2-4-22(20)27-25(16-5-6-16)21(24)12-11-18(28)13-19(29)14-23(30)31;/h2*1-4,7-12,16,18-19,28-29H,5-6,13-14H2,(H,30,31);/q;;+2/p-2/b2*12-11+;/t2*18-,19+;/m11./s1. The molecule has 2 fully saturated rings. The summed E-state index contributed by atoms with van der Waals surface area (Å²) in [5.74, 6) is -2.72. The first kappa shape index (κ1) is 47.6. The van der Waals surface area contributed by atoms with Crippen molar-refractivity contribution < 1.29 is 49.0 Å². The summed E-state index contributed by atoms with van der Waals surface area (Å²) in [5, 5.41) is 63.3. The van der Waals surface area contributed by atoms with Gasteiger partial charge in [-0.15, -0.1) is 0 Å². The molecule has 63 heavy (non-hydrogen) atoms.